The maximum atomic E-state index is 13.6. The first-order chi connectivity index (χ1) is 12.8. The normalized spacial score (nSPS) is 37.3. The lowest BCUT2D eigenvalue weighted by Gasteiger charge is -2.41. The lowest BCUT2D eigenvalue weighted by molar-refractivity contribution is -0.118. The molecule has 2 aliphatic heterocycles. The lowest BCUT2D eigenvalue weighted by Crippen LogP contribution is -2.44. The summed E-state index contributed by atoms with van der Waals surface area (Å²) in [6.45, 7) is 10.5. The molecule has 1 N–H and O–H groups in total. The number of allylic oxidation sites excluding steroid dienone is 1. The number of fused-ring (bicyclic) bond motifs is 3. The molecule has 3 nitrogen and oxygen atoms in total. The van der Waals surface area contributed by atoms with Gasteiger partial charge in [0.05, 0.1) is 23.5 Å². The van der Waals surface area contributed by atoms with Crippen LogP contribution in [0.25, 0.3) is 5.57 Å². The van der Waals surface area contributed by atoms with Gasteiger partial charge in [-0.2, -0.15) is 0 Å². The van der Waals surface area contributed by atoms with Gasteiger partial charge in [0.2, 0.25) is 0 Å². The highest BCUT2D eigenvalue weighted by atomic mass is 16.5. The molecule has 1 saturated heterocycles. The molecule has 1 saturated carbocycles. The number of hydrogen-bond donors (Lipinski definition) is 1. The van der Waals surface area contributed by atoms with Crippen LogP contribution in [-0.2, 0) is 9.53 Å². The van der Waals surface area contributed by atoms with Crippen molar-refractivity contribution in [2.75, 3.05) is 0 Å². The van der Waals surface area contributed by atoms with Gasteiger partial charge in [0.15, 0.2) is 5.78 Å². The van der Waals surface area contributed by atoms with Gasteiger partial charge in [0.25, 0.3) is 0 Å². The fraction of sp³-hybridized carbons (Fsp3) is 0.542. The van der Waals surface area contributed by atoms with Crippen molar-refractivity contribution < 1.29 is 14.6 Å². The molecule has 0 amide bonds. The molecule has 0 aromatic heterocycles. The molecular weight excluding hydrogens is 336 g/mol. The molecule has 2 aliphatic carbocycles. The molecule has 142 valence electrons. The van der Waals surface area contributed by atoms with Crippen LogP contribution in [0, 0.1) is 38.5 Å². The Balaban J connectivity index is 1.70. The summed E-state index contributed by atoms with van der Waals surface area (Å²) in [5, 5.41) is 11.4. The molecule has 2 heterocycles. The van der Waals surface area contributed by atoms with Crippen LogP contribution in [0.5, 0.6) is 0 Å². The monoisotopic (exact) mass is 364 g/mol. The molecule has 0 radical (unpaired) electrons. The van der Waals surface area contributed by atoms with Gasteiger partial charge in [-0.1, -0.05) is 24.6 Å². The summed E-state index contributed by atoms with van der Waals surface area (Å²) >= 11 is 0. The maximum absolute atomic E-state index is 13.6. The van der Waals surface area contributed by atoms with Crippen LogP contribution >= 0.6 is 0 Å². The Kier molecular flexibility index (Phi) is 3.42. The summed E-state index contributed by atoms with van der Waals surface area (Å²) in [6, 6.07) is 4.20. The molecular formula is C24H28O3. The number of ketones is 1. The number of ether oxygens (including phenoxy) is 1. The fourth-order valence-corrected chi connectivity index (χ4v) is 6.63. The molecule has 1 aromatic carbocycles. The summed E-state index contributed by atoms with van der Waals surface area (Å²) in [7, 11) is 0. The van der Waals surface area contributed by atoms with Crippen molar-refractivity contribution in [1.82, 2.24) is 0 Å². The summed E-state index contributed by atoms with van der Waals surface area (Å²) in [6.07, 6.45) is 2.96. The van der Waals surface area contributed by atoms with Crippen molar-refractivity contribution in [2.24, 2.45) is 17.8 Å². The first-order valence-corrected chi connectivity index (χ1v) is 10.2. The molecule has 2 fully saturated rings. The van der Waals surface area contributed by atoms with Gasteiger partial charge in [0, 0.05) is 0 Å². The number of hydrogen-bond acceptors (Lipinski definition) is 3. The number of aryl methyl sites for hydroxylation is 3. The Hall–Kier alpha value is -1.87. The second-order valence-corrected chi connectivity index (χ2v) is 9.34. The highest BCUT2D eigenvalue weighted by Gasteiger charge is 2.69. The van der Waals surface area contributed by atoms with Crippen molar-refractivity contribution in [2.45, 2.75) is 65.6 Å². The summed E-state index contributed by atoms with van der Waals surface area (Å²) < 4.78 is 6.53. The first-order valence-electron chi connectivity index (χ1n) is 10.2. The minimum atomic E-state index is -0.453. The quantitative estimate of drug-likeness (QED) is 0.715. The van der Waals surface area contributed by atoms with E-state index in [1.807, 2.05) is 13.8 Å². The van der Waals surface area contributed by atoms with Gasteiger partial charge in [-0.25, -0.2) is 0 Å². The van der Waals surface area contributed by atoms with Gasteiger partial charge in [-0.15, -0.1) is 0 Å². The van der Waals surface area contributed by atoms with E-state index in [4.69, 9.17) is 4.74 Å². The van der Waals surface area contributed by atoms with E-state index in [1.54, 1.807) is 0 Å². The topological polar surface area (TPSA) is 46.5 Å². The predicted molar refractivity (Wildman–Crippen MR) is 106 cm³/mol. The highest BCUT2D eigenvalue weighted by molar-refractivity contribution is 6.26. The van der Waals surface area contributed by atoms with Gasteiger partial charge < -0.3 is 9.84 Å². The number of aliphatic hydroxyl groups is 1. The van der Waals surface area contributed by atoms with E-state index in [1.165, 1.54) is 23.1 Å². The van der Waals surface area contributed by atoms with Crippen LogP contribution in [0.1, 0.15) is 55.4 Å². The number of carbonyl (C=O) groups excluding carboxylic acids is 1. The van der Waals surface area contributed by atoms with E-state index in [9.17, 15) is 9.90 Å². The van der Waals surface area contributed by atoms with Gasteiger partial charge >= 0.3 is 0 Å². The molecule has 1 aromatic rings. The van der Waals surface area contributed by atoms with Crippen LogP contribution in [-0.4, -0.2) is 22.6 Å². The predicted octanol–water partition coefficient (Wildman–Crippen LogP) is 4.98. The second kappa shape index (κ2) is 5.35. The number of carbonyl (C=O) groups is 1. The van der Waals surface area contributed by atoms with Gasteiger partial charge in [0.1, 0.15) is 11.4 Å². The zero-order valence-corrected chi connectivity index (χ0v) is 16.8. The minimum Gasteiger partial charge on any atom is -0.511 e. The van der Waals surface area contributed by atoms with E-state index >= 15 is 0 Å². The van der Waals surface area contributed by atoms with Gasteiger partial charge in [-0.3, -0.25) is 4.79 Å². The number of rotatable bonds is 1. The Morgan fingerprint density at radius 3 is 2.48 bits per heavy atom. The molecule has 5 rings (SSSR count). The fourth-order valence-electron chi connectivity index (χ4n) is 6.63. The van der Waals surface area contributed by atoms with Gasteiger partial charge in [-0.05, 0) is 80.7 Å². The summed E-state index contributed by atoms with van der Waals surface area (Å²) in [5.41, 5.74) is 6.96. The van der Waals surface area contributed by atoms with E-state index in [-0.39, 0.29) is 29.5 Å². The molecule has 27 heavy (non-hydrogen) atoms. The minimum absolute atomic E-state index is 0.0751. The number of aliphatic hydroxyl groups excluding tert-OH is 1. The highest BCUT2D eigenvalue weighted by Crippen LogP contribution is 2.65. The third-order valence-electron chi connectivity index (χ3n) is 7.50. The molecule has 5 atom stereocenters. The number of Topliss-reactive ketones (excluding diaryl/α,β-unsaturated/α-hetero) is 1. The Labute approximate surface area is 161 Å². The van der Waals surface area contributed by atoms with Crippen molar-refractivity contribution in [3.63, 3.8) is 0 Å². The Bertz CT molecular complexity index is 927. The number of benzene rings is 1. The molecule has 2 bridgehead atoms. The van der Waals surface area contributed by atoms with Crippen molar-refractivity contribution in [3.8, 4) is 0 Å². The molecule has 4 aliphatic rings. The van der Waals surface area contributed by atoms with Crippen molar-refractivity contribution in [3.05, 3.63) is 51.3 Å². The maximum Gasteiger partial charge on any atom is 0.173 e. The van der Waals surface area contributed by atoms with Crippen molar-refractivity contribution in [1.29, 1.82) is 0 Å². The van der Waals surface area contributed by atoms with Crippen LogP contribution in [0.3, 0.4) is 0 Å². The average molecular weight is 364 g/mol. The zero-order chi connectivity index (χ0) is 19.2. The SMILES string of the molecule is CC1=C2CCC(C)C[C@@]23O[C@@H]1C1C(=O)C(c2c(C)cc(C)cc2C)=C(O)C13. The second-order valence-electron chi connectivity index (χ2n) is 9.34. The van der Waals surface area contributed by atoms with Crippen LogP contribution < -0.4 is 0 Å². The zero-order valence-electron chi connectivity index (χ0n) is 16.8. The third kappa shape index (κ3) is 1.99. The van der Waals surface area contributed by atoms with E-state index in [2.05, 4.69) is 32.9 Å². The smallest absolute Gasteiger partial charge is 0.173 e. The van der Waals surface area contributed by atoms with E-state index < -0.39 is 5.60 Å². The van der Waals surface area contributed by atoms with Crippen LogP contribution in [0.2, 0.25) is 0 Å². The standard InChI is InChI=1S/C24H28O3/c1-11-6-7-16-15(5)23-19-20(24(16,10-11)27-23)22(26)18(21(19)25)17-13(3)8-12(2)9-14(17)4/h8-9,11,19-20,23,26H,6-7,10H2,1-5H3/t11?,19?,20?,23-,24+/m0/s1. The average Bonchev–Trinajstić information content (AvgIpc) is 3.14. The van der Waals surface area contributed by atoms with E-state index in [0.29, 0.717) is 11.5 Å². The van der Waals surface area contributed by atoms with Crippen molar-refractivity contribution >= 4 is 11.4 Å². The summed E-state index contributed by atoms with van der Waals surface area (Å²) in [5.74, 6) is 0.447. The first kappa shape index (κ1) is 17.2. The Morgan fingerprint density at radius 1 is 1.15 bits per heavy atom. The third-order valence-corrected chi connectivity index (χ3v) is 7.50. The van der Waals surface area contributed by atoms with E-state index in [0.717, 1.165) is 29.5 Å². The van der Waals surface area contributed by atoms with Crippen LogP contribution in [0.15, 0.2) is 29.0 Å². The molecule has 3 unspecified atom stereocenters. The van der Waals surface area contributed by atoms with Crippen LogP contribution in [0.4, 0.5) is 0 Å². The molecule has 1 spiro atoms. The Morgan fingerprint density at radius 2 is 1.81 bits per heavy atom. The lowest BCUT2D eigenvalue weighted by atomic mass is 9.62. The molecule has 3 heteroatoms. The summed E-state index contributed by atoms with van der Waals surface area (Å²) in [4.78, 5) is 13.6. The largest absolute Gasteiger partial charge is 0.511 e.